The van der Waals surface area contributed by atoms with Crippen LogP contribution in [0.3, 0.4) is 0 Å². The molecule has 4 saturated heterocycles. The number of furan rings is 1. The van der Waals surface area contributed by atoms with E-state index >= 15 is 0 Å². The number of carbonyl (C=O) groups is 1. The molecule has 7 aliphatic rings. The second kappa shape index (κ2) is 20.4. The van der Waals surface area contributed by atoms with Gasteiger partial charge >= 0.3 is 0 Å². The van der Waals surface area contributed by atoms with Gasteiger partial charge in [-0.25, -0.2) is 0 Å². The molecule has 6 fully saturated rings. The molecular formula is C47H72O19. The summed E-state index contributed by atoms with van der Waals surface area (Å²) in [5.41, 5.74) is -0.300. The van der Waals surface area contributed by atoms with Gasteiger partial charge in [-0.1, -0.05) is 18.6 Å². The fourth-order valence-corrected chi connectivity index (χ4v) is 12.1. The van der Waals surface area contributed by atoms with Crippen LogP contribution in [-0.4, -0.2) is 181 Å². The quantitative estimate of drug-likeness (QED) is 0.154. The number of hydrogen-bond acceptors (Lipinski definition) is 19. The predicted octanol–water partition coefficient (Wildman–Crippen LogP) is 1.65. The van der Waals surface area contributed by atoms with Gasteiger partial charge in [-0.15, -0.1) is 0 Å². The van der Waals surface area contributed by atoms with Crippen molar-refractivity contribution in [1.29, 1.82) is 0 Å². The Bertz CT molecular complexity index is 1830. The van der Waals surface area contributed by atoms with Gasteiger partial charge in [0.15, 0.2) is 36.5 Å². The molecule has 19 nitrogen and oxygen atoms in total. The van der Waals surface area contributed by atoms with Gasteiger partial charge in [0.25, 0.3) is 0 Å². The van der Waals surface area contributed by atoms with Gasteiger partial charge < -0.3 is 87.2 Å². The van der Waals surface area contributed by atoms with Crippen molar-refractivity contribution in [3.8, 4) is 0 Å². The predicted molar refractivity (Wildman–Crippen MR) is 227 cm³/mol. The van der Waals surface area contributed by atoms with Crippen molar-refractivity contribution in [1.82, 2.24) is 0 Å². The van der Waals surface area contributed by atoms with Crippen molar-refractivity contribution < 1.29 is 92.0 Å². The second-order valence-electron chi connectivity index (χ2n) is 19.7. The minimum Gasteiger partial charge on any atom is -0.469 e. The first-order valence-corrected chi connectivity index (χ1v) is 23.6. The van der Waals surface area contributed by atoms with Crippen LogP contribution in [0.2, 0.25) is 0 Å². The first-order chi connectivity index (χ1) is 31.4. The first-order valence-electron chi connectivity index (χ1n) is 23.6. The number of fused-ring (bicyclic) bond motifs is 3. The highest BCUT2D eigenvalue weighted by Crippen LogP contribution is 2.59. The molecule has 19 heteroatoms. The lowest BCUT2D eigenvalue weighted by Crippen LogP contribution is -2.62. The molecule has 2 saturated carbocycles. The normalized spacial score (nSPS) is 48.9. The minimum atomic E-state index is -1.59. The fourth-order valence-electron chi connectivity index (χ4n) is 12.1. The summed E-state index contributed by atoms with van der Waals surface area (Å²) in [6.45, 7) is 8.84. The lowest BCUT2D eigenvalue weighted by atomic mass is 9.51. The summed E-state index contributed by atoms with van der Waals surface area (Å²) in [5.74, 6) is -0.0102. The average Bonchev–Trinajstić information content (AvgIpc) is 3.73. The van der Waals surface area contributed by atoms with E-state index in [0.29, 0.717) is 56.3 Å². The van der Waals surface area contributed by atoms with Gasteiger partial charge in [0, 0.05) is 52.1 Å². The molecule has 4 aliphatic heterocycles. The molecular weight excluding hydrogens is 868 g/mol. The number of aryl methyl sites for hydroxylation is 1. The summed E-state index contributed by atoms with van der Waals surface area (Å²) in [4.78, 5) is 14.0. The number of Topliss-reactive ketones (excluding diaryl/α,β-unsaturated/α-hetero) is 1. The topological polar surface area (TPSA) is 253 Å². The number of ether oxygens (including phenoxy) is 11. The number of carbonyl (C=O) groups excluding carboxylic acids is 1. The molecule has 3 aliphatic carbocycles. The Balaban J connectivity index is 0.840. The molecule has 374 valence electrons. The van der Waals surface area contributed by atoms with Crippen LogP contribution < -0.4 is 0 Å². The summed E-state index contributed by atoms with van der Waals surface area (Å²) in [7, 11) is 4.72. The zero-order chi connectivity index (χ0) is 47.4. The van der Waals surface area contributed by atoms with Crippen molar-refractivity contribution in [3.63, 3.8) is 0 Å². The molecule has 23 unspecified atom stereocenters. The van der Waals surface area contributed by atoms with Crippen LogP contribution in [0.4, 0.5) is 0 Å². The standard InChI is InChI=1S/C47H72O19/c1-21-27(12-14-58-21)47(54)13-11-28-26(44(47)53)10-9-25-15-30(29(49)19-46(25,28)5)62-35-16-31(55-6)41(22(2)59-35)64-36-17-32(56-7)42(23(3)60-36)65-37-18-33(57-8)43(24(4)61-37)66-45-40(52)39(51)38(50)34(20-48)63-45/h9,12,14,22-24,26,28-43,45,48-52,54H,10-11,13,15-20H2,1-8H3. The molecule has 66 heavy (non-hydrogen) atoms. The van der Waals surface area contributed by atoms with Crippen molar-refractivity contribution in [3.05, 3.63) is 35.3 Å². The average molecular weight is 941 g/mol. The second-order valence-corrected chi connectivity index (χ2v) is 19.7. The maximum Gasteiger partial charge on any atom is 0.187 e. The molecule has 1 aromatic rings. The van der Waals surface area contributed by atoms with Crippen LogP contribution in [0, 0.1) is 24.2 Å². The van der Waals surface area contributed by atoms with Crippen LogP contribution in [0.1, 0.15) is 90.4 Å². The van der Waals surface area contributed by atoms with E-state index in [2.05, 4.69) is 13.0 Å². The zero-order valence-corrected chi connectivity index (χ0v) is 39.2. The Morgan fingerprint density at radius 3 is 1.80 bits per heavy atom. The largest absolute Gasteiger partial charge is 0.469 e. The number of rotatable bonds is 13. The lowest BCUT2D eigenvalue weighted by Gasteiger charge is -2.55. The zero-order valence-electron chi connectivity index (χ0n) is 39.2. The third kappa shape index (κ3) is 9.48. The summed E-state index contributed by atoms with van der Waals surface area (Å²) in [6, 6.07) is 1.69. The smallest absolute Gasteiger partial charge is 0.187 e. The van der Waals surface area contributed by atoms with Gasteiger partial charge in [-0.05, 0) is 77.2 Å². The Morgan fingerprint density at radius 2 is 1.29 bits per heavy atom. The summed E-state index contributed by atoms with van der Waals surface area (Å²) >= 11 is 0. The molecule has 6 N–H and O–H groups in total. The molecule has 0 radical (unpaired) electrons. The van der Waals surface area contributed by atoms with E-state index in [0.717, 1.165) is 5.57 Å². The van der Waals surface area contributed by atoms with Gasteiger partial charge in [0.05, 0.1) is 61.7 Å². The van der Waals surface area contributed by atoms with E-state index in [4.69, 9.17) is 56.5 Å². The molecule has 5 heterocycles. The van der Waals surface area contributed by atoms with Gasteiger partial charge in [-0.3, -0.25) is 4.79 Å². The van der Waals surface area contributed by atoms with Crippen molar-refractivity contribution in [2.45, 2.75) is 208 Å². The third-order valence-corrected chi connectivity index (χ3v) is 15.9. The summed E-state index contributed by atoms with van der Waals surface area (Å²) in [6.07, 6.45) is -8.67. The molecule has 8 rings (SSSR count). The first kappa shape index (κ1) is 50.4. The summed E-state index contributed by atoms with van der Waals surface area (Å²) < 4.78 is 73.5. The van der Waals surface area contributed by atoms with Crippen LogP contribution in [0.25, 0.3) is 0 Å². The summed E-state index contributed by atoms with van der Waals surface area (Å²) in [5, 5.41) is 64.0. The number of aliphatic hydroxyl groups is 6. The number of allylic oxidation sites excluding steroid dienone is 1. The molecule has 23 atom stereocenters. The minimum absolute atomic E-state index is 0.0184. The SMILES string of the molecule is COC1CC(OC2CC3=CCC4C(=O)C(O)(c5ccoc5C)CCC4C3(C)CC2O)OC(C)C1OC1CC(OC)C(OC2CC(OC)C(OC3OC(CO)C(O)C(O)C3O)C(C)O2)C(C)O1. The Hall–Kier alpha value is -1.99. The number of methoxy groups -OCH3 is 3. The highest BCUT2D eigenvalue weighted by atomic mass is 16.8. The van der Waals surface area contributed by atoms with Crippen LogP contribution in [0.5, 0.6) is 0 Å². The van der Waals surface area contributed by atoms with Gasteiger partial charge in [0.2, 0.25) is 0 Å². The number of hydrogen-bond donors (Lipinski definition) is 6. The maximum atomic E-state index is 14.0. The van der Waals surface area contributed by atoms with Gasteiger partial charge in [-0.2, -0.15) is 0 Å². The molecule has 0 amide bonds. The van der Waals surface area contributed by atoms with Crippen molar-refractivity contribution in [2.75, 3.05) is 27.9 Å². The highest BCUT2D eigenvalue weighted by Gasteiger charge is 2.59. The fraction of sp³-hybridized carbons (Fsp3) is 0.851. The third-order valence-electron chi connectivity index (χ3n) is 15.9. The van der Waals surface area contributed by atoms with E-state index < -0.39 is 134 Å². The molecule has 0 aromatic carbocycles. The van der Waals surface area contributed by atoms with E-state index in [9.17, 15) is 35.4 Å². The maximum absolute atomic E-state index is 14.0. The molecule has 0 bridgehead atoms. The van der Waals surface area contributed by atoms with E-state index in [1.54, 1.807) is 34.1 Å². The van der Waals surface area contributed by atoms with Gasteiger partial charge in [0.1, 0.15) is 48.5 Å². The van der Waals surface area contributed by atoms with Crippen LogP contribution in [-0.2, 0) is 62.5 Å². The van der Waals surface area contributed by atoms with E-state index in [1.807, 2.05) is 13.8 Å². The monoisotopic (exact) mass is 940 g/mol. The Morgan fingerprint density at radius 1 is 0.742 bits per heavy atom. The van der Waals surface area contributed by atoms with Crippen molar-refractivity contribution >= 4 is 5.78 Å². The van der Waals surface area contributed by atoms with E-state index in [-0.39, 0.29) is 24.0 Å². The number of aliphatic hydroxyl groups excluding tert-OH is 5. The highest BCUT2D eigenvalue weighted by molar-refractivity contribution is 5.92. The van der Waals surface area contributed by atoms with Crippen LogP contribution >= 0.6 is 0 Å². The van der Waals surface area contributed by atoms with Crippen LogP contribution in [0.15, 0.2) is 28.4 Å². The van der Waals surface area contributed by atoms with Crippen molar-refractivity contribution in [2.24, 2.45) is 17.3 Å². The molecule has 1 aromatic heterocycles. The Kier molecular flexibility index (Phi) is 15.6. The Labute approximate surface area is 385 Å². The molecule has 0 spiro atoms. The lowest BCUT2D eigenvalue weighted by molar-refractivity contribution is -0.357. The number of ketones is 1. The van der Waals surface area contributed by atoms with E-state index in [1.165, 1.54) is 13.4 Å².